The van der Waals surface area contributed by atoms with E-state index in [1.807, 2.05) is 0 Å². The first-order chi connectivity index (χ1) is 9.17. The fourth-order valence-corrected chi connectivity index (χ4v) is 2.05. The Morgan fingerprint density at radius 3 is 2.35 bits per heavy atom. The molecule has 2 amide bonds. The van der Waals surface area contributed by atoms with E-state index in [2.05, 4.69) is 15.4 Å². The van der Waals surface area contributed by atoms with E-state index in [9.17, 15) is 18.0 Å². The molecule has 0 spiro atoms. The van der Waals surface area contributed by atoms with Gasteiger partial charge >= 0.3 is 0 Å². The second-order valence-electron chi connectivity index (χ2n) is 4.37. The molecule has 0 heterocycles. The van der Waals surface area contributed by atoms with Crippen molar-refractivity contribution in [1.29, 1.82) is 0 Å². The Bertz CT molecular complexity index is 613. The van der Waals surface area contributed by atoms with Crippen molar-refractivity contribution in [2.24, 2.45) is 0 Å². The average molecular weight is 299 g/mol. The van der Waals surface area contributed by atoms with Crippen molar-refractivity contribution in [3.63, 3.8) is 0 Å². The highest BCUT2D eigenvalue weighted by molar-refractivity contribution is 7.92. The molecule has 0 aliphatic rings. The van der Waals surface area contributed by atoms with Crippen LogP contribution in [0.15, 0.2) is 24.3 Å². The summed E-state index contributed by atoms with van der Waals surface area (Å²) in [5.41, 5.74) is 0.776. The third-order valence-corrected chi connectivity index (χ3v) is 2.85. The predicted octanol–water partition coefficient (Wildman–Crippen LogP) is 0.521. The molecule has 110 valence electrons. The molecular weight excluding hydrogens is 282 g/mol. The second kappa shape index (κ2) is 6.38. The van der Waals surface area contributed by atoms with Crippen LogP contribution in [0.25, 0.3) is 0 Å². The van der Waals surface area contributed by atoms with Crippen LogP contribution in [0.5, 0.6) is 0 Å². The minimum absolute atomic E-state index is 0.305. The van der Waals surface area contributed by atoms with Crippen LogP contribution in [0.3, 0.4) is 0 Å². The molecule has 0 bridgehead atoms. The molecule has 1 atom stereocenters. The largest absolute Gasteiger partial charge is 0.345 e. The first-order valence-electron chi connectivity index (χ1n) is 5.83. The van der Waals surface area contributed by atoms with Gasteiger partial charge in [0.15, 0.2) is 0 Å². The number of carbonyl (C=O) groups excluding carboxylic acids is 2. The van der Waals surface area contributed by atoms with E-state index in [1.54, 1.807) is 25.1 Å². The van der Waals surface area contributed by atoms with Crippen molar-refractivity contribution in [2.45, 2.75) is 19.9 Å². The molecule has 20 heavy (non-hydrogen) atoms. The van der Waals surface area contributed by atoms with Gasteiger partial charge in [0.05, 0.1) is 11.9 Å². The maximum absolute atomic E-state index is 11.8. The van der Waals surface area contributed by atoms with Gasteiger partial charge < -0.3 is 10.6 Å². The molecule has 0 aliphatic carbocycles. The molecule has 1 rings (SSSR count). The summed E-state index contributed by atoms with van der Waals surface area (Å²) in [6.07, 6.45) is 1.04. The van der Waals surface area contributed by atoms with Crippen molar-refractivity contribution < 1.29 is 18.0 Å². The van der Waals surface area contributed by atoms with Gasteiger partial charge in [-0.2, -0.15) is 0 Å². The number of rotatable bonds is 5. The van der Waals surface area contributed by atoms with Crippen LogP contribution in [0.1, 0.15) is 13.8 Å². The number of carbonyl (C=O) groups is 2. The van der Waals surface area contributed by atoms with Gasteiger partial charge in [-0.3, -0.25) is 14.3 Å². The van der Waals surface area contributed by atoms with Gasteiger partial charge in [-0.1, -0.05) is 6.07 Å². The lowest BCUT2D eigenvalue weighted by Gasteiger charge is -2.13. The van der Waals surface area contributed by atoms with Gasteiger partial charge in [-0.15, -0.1) is 0 Å². The van der Waals surface area contributed by atoms with E-state index in [0.717, 1.165) is 6.26 Å². The normalized spacial score (nSPS) is 12.3. The lowest BCUT2D eigenvalue weighted by molar-refractivity contribution is -0.124. The number of anilines is 2. The van der Waals surface area contributed by atoms with Crippen LogP contribution in [-0.2, 0) is 19.6 Å². The third-order valence-electron chi connectivity index (χ3n) is 2.25. The number of sulfonamides is 1. The van der Waals surface area contributed by atoms with Gasteiger partial charge in [0.2, 0.25) is 21.8 Å². The Hall–Kier alpha value is -2.09. The Morgan fingerprint density at radius 2 is 1.80 bits per heavy atom. The maximum atomic E-state index is 11.8. The SMILES string of the molecule is CC(=O)N[C@@H](C)C(=O)Nc1cccc(NS(C)(=O)=O)c1. The third kappa shape index (κ3) is 5.70. The van der Waals surface area contributed by atoms with Crippen molar-refractivity contribution in [3.05, 3.63) is 24.3 Å². The number of hydrogen-bond donors (Lipinski definition) is 3. The van der Waals surface area contributed by atoms with E-state index in [-0.39, 0.29) is 5.91 Å². The van der Waals surface area contributed by atoms with Crippen molar-refractivity contribution in [2.75, 3.05) is 16.3 Å². The Kier molecular flexibility index (Phi) is 5.09. The van der Waals surface area contributed by atoms with E-state index < -0.39 is 22.0 Å². The van der Waals surface area contributed by atoms with E-state index >= 15 is 0 Å². The molecule has 0 aromatic heterocycles. The molecule has 7 nitrogen and oxygen atoms in total. The standard InChI is InChI=1S/C12H17N3O4S/c1-8(13-9(2)16)12(17)14-10-5-4-6-11(7-10)15-20(3,18)19/h4-8,15H,1-3H3,(H,13,16)(H,14,17)/t8-/m0/s1. The maximum Gasteiger partial charge on any atom is 0.246 e. The Balaban J connectivity index is 2.76. The zero-order valence-corrected chi connectivity index (χ0v) is 12.2. The van der Waals surface area contributed by atoms with Crippen LogP contribution < -0.4 is 15.4 Å². The van der Waals surface area contributed by atoms with E-state index in [1.165, 1.54) is 13.0 Å². The van der Waals surface area contributed by atoms with Crippen molar-refractivity contribution in [3.8, 4) is 0 Å². The van der Waals surface area contributed by atoms with Crippen LogP contribution in [-0.4, -0.2) is 32.5 Å². The summed E-state index contributed by atoms with van der Waals surface area (Å²) in [7, 11) is -3.37. The summed E-state index contributed by atoms with van der Waals surface area (Å²) < 4.78 is 24.5. The highest BCUT2D eigenvalue weighted by atomic mass is 32.2. The van der Waals surface area contributed by atoms with Crippen LogP contribution >= 0.6 is 0 Å². The number of benzene rings is 1. The summed E-state index contributed by atoms with van der Waals surface area (Å²) in [5, 5.41) is 5.04. The Labute approximate surface area is 117 Å². The van der Waals surface area contributed by atoms with Crippen LogP contribution in [0.4, 0.5) is 11.4 Å². The summed E-state index contributed by atoms with van der Waals surface area (Å²) in [6, 6.07) is 5.59. The molecular formula is C12H17N3O4S. The summed E-state index contributed by atoms with van der Waals surface area (Å²) >= 11 is 0. The van der Waals surface area contributed by atoms with Crippen molar-refractivity contribution in [1.82, 2.24) is 5.32 Å². The molecule has 0 aliphatic heterocycles. The average Bonchev–Trinajstić information content (AvgIpc) is 2.25. The molecule has 0 fully saturated rings. The smallest absolute Gasteiger partial charge is 0.246 e. The van der Waals surface area contributed by atoms with Crippen molar-refractivity contribution >= 4 is 33.2 Å². The fraction of sp³-hybridized carbons (Fsp3) is 0.333. The molecule has 8 heteroatoms. The second-order valence-corrected chi connectivity index (χ2v) is 6.11. The minimum Gasteiger partial charge on any atom is -0.345 e. The zero-order valence-electron chi connectivity index (χ0n) is 11.4. The van der Waals surface area contributed by atoms with Gasteiger partial charge in [0.25, 0.3) is 0 Å². The molecule has 1 aromatic rings. The molecule has 0 saturated carbocycles. The quantitative estimate of drug-likeness (QED) is 0.737. The van der Waals surface area contributed by atoms with Gasteiger partial charge in [-0.25, -0.2) is 8.42 Å². The van der Waals surface area contributed by atoms with Gasteiger partial charge in [0.1, 0.15) is 6.04 Å². The number of amides is 2. The highest BCUT2D eigenvalue weighted by Gasteiger charge is 2.13. The molecule has 3 N–H and O–H groups in total. The Morgan fingerprint density at radius 1 is 1.20 bits per heavy atom. The first kappa shape index (κ1) is 16.0. The molecule has 1 aromatic carbocycles. The van der Waals surface area contributed by atoms with Crippen LogP contribution in [0, 0.1) is 0 Å². The fourth-order valence-electron chi connectivity index (χ4n) is 1.50. The zero-order chi connectivity index (χ0) is 15.3. The van der Waals surface area contributed by atoms with Gasteiger partial charge in [0, 0.05) is 12.6 Å². The first-order valence-corrected chi connectivity index (χ1v) is 7.72. The lowest BCUT2D eigenvalue weighted by Crippen LogP contribution is -2.40. The molecule has 0 saturated heterocycles. The van der Waals surface area contributed by atoms with E-state index in [0.29, 0.717) is 11.4 Å². The predicted molar refractivity (Wildman–Crippen MR) is 76.8 cm³/mol. The molecule has 0 unspecified atom stereocenters. The van der Waals surface area contributed by atoms with Gasteiger partial charge in [-0.05, 0) is 25.1 Å². The number of nitrogens with one attached hydrogen (secondary N) is 3. The summed E-state index contributed by atoms with van der Waals surface area (Å²) in [4.78, 5) is 22.6. The molecule has 0 radical (unpaired) electrons. The lowest BCUT2D eigenvalue weighted by atomic mass is 10.2. The minimum atomic E-state index is -3.37. The summed E-state index contributed by atoms with van der Waals surface area (Å²) in [6.45, 7) is 2.87. The topological polar surface area (TPSA) is 104 Å². The summed E-state index contributed by atoms with van der Waals surface area (Å²) in [5.74, 6) is -0.697. The monoisotopic (exact) mass is 299 g/mol. The highest BCUT2D eigenvalue weighted by Crippen LogP contribution is 2.16. The van der Waals surface area contributed by atoms with E-state index in [4.69, 9.17) is 0 Å². The number of hydrogen-bond acceptors (Lipinski definition) is 4. The van der Waals surface area contributed by atoms with Crippen LogP contribution in [0.2, 0.25) is 0 Å².